The first-order chi connectivity index (χ1) is 6.77. The number of hydrogen-bond donors (Lipinski definition) is 1. The van der Waals surface area contributed by atoms with E-state index in [-0.39, 0.29) is 24.2 Å². The largest absolute Gasteiger partial charge is 0.327 e. The highest BCUT2D eigenvalue weighted by Crippen LogP contribution is 2.08. The molecule has 84 valence electrons. The highest BCUT2D eigenvalue weighted by atomic mass is 35.5. The highest BCUT2D eigenvalue weighted by molar-refractivity contribution is 7.07. The van der Waals surface area contributed by atoms with Crippen LogP contribution in [0.3, 0.4) is 0 Å². The summed E-state index contributed by atoms with van der Waals surface area (Å²) >= 11 is 1.49. The number of halogens is 1. The maximum atomic E-state index is 11.7. The van der Waals surface area contributed by atoms with Gasteiger partial charge in [0.1, 0.15) is 0 Å². The third-order valence-electron chi connectivity index (χ3n) is 2.38. The molecule has 1 aromatic rings. The van der Waals surface area contributed by atoms with Crippen LogP contribution in [0.5, 0.6) is 0 Å². The summed E-state index contributed by atoms with van der Waals surface area (Å²) < 4.78 is 1.87. The Balaban J connectivity index is 0.00000112. The summed E-state index contributed by atoms with van der Waals surface area (Å²) in [5, 5.41) is 5.09. The zero-order valence-corrected chi connectivity index (χ0v) is 10.1. The second kappa shape index (κ2) is 5.44. The zero-order chi connectivity index (χ0) is 9.97. The number of hydrogen-bond acceptors (Lipinski definition) is 3. The fourth-order valence-corrected chi connectivity index (χ4v) is 2.22. The molecule has 0 radical (unpaired) electrons. The molecule has 0 aromatic carbocycles. The van der Waals surface area contributed by atoms with Crippen molar-refractivity contribution < 1.29 is 4.79 Å². The van der Waals surface area contributed by atoms with E-state index in [1.54, 1.807) is 0 Å². The maximum absolute atomic E-state index is 11.7. The molecule has 1 aliphatic rings. The van der Waals surface area contributed by atoms with Crippen molar-refractivity contribution in [2.75, 3.05) is 13.1 Å². The van der Waals surface area contributed by atoms with E-state index < -0.39 is 0 Å². The van der Waals surface area contributed by atoms with Crippen molar-refractivity contribution in [2.45, 2.75) is 6.42 Å². The van der Waals surface area contributed by atoms with Gasteiger partial charge >= 0.3 is 0 Å². The Labute approximate surface area is 98.4 Å². The van der Waals surface area contributed by atoms with Crippen molar-refractivity contribution in [3.63, 3.8) is 0 Å². The van der Waals surface area contributed by atoms with E-state index in [1.807, 2.05) is 23.2 Å². The molecule has 0 bridgehead atoms. The summed E-state index contributed by atoms with van der Waals surface area (Å²) in [5.74, 6) is 0.0881. The average molecular weight is 248 g/mol. The number of carbonyl (C=O) groups is 1. The normalized spacial score (nSPS) is 21.4. The maximum Gasteiger partial charge on any atom is 0.252 e. The number of nitrogens with one attached hydrogen (secondary N) is 1. The van der Waals surface area contributed by atoms with E-state index >= 15 is 0 Å². The molecule has 2 heterocycles. The van der Waals surface area contributed by atoms with E-state index in [0.717, 1.165) is 24.3 Å². The highest BCUT2D eigenvalue weighted by Gasteiger charge is 2.21. The average Bonchev–Trinajstić information content (AvgIpc) is 2.77. The standard InChI is InChI=1S/C9H13N3OS.ClH/c1-12-4-5-14-9(12)11-8(13)7-2-3-10-6-7;/h4-5,7,10H,2-3,6H2,1H3;1H/t7-;/m1./s1. The van der Waals surface area contributed by atoms with E-state index in [1.165, 1.54) is 11.3 Å². The molecule has 1 saturated heterocycles. The molecular weight excluding hydrogens is 234 g/mol. The van der Waals surface area contributed by atoms with Gasteiger partial charge in [-0.3, -0.25) is 4.79 Å². The molecule has 15 heavy (non-hydrogen) atoms. The van der Waals surface area contributed by atoms with Gasteiger partial charge in [0.15, 0.2) is 4.80 Å². The number of aromatic nitrogens is 1. The van der Waals surface area contributed by atoms with Crippen LogP contribution in [0.15, 0.2) is 16.6 Å². The minimum Gasteiger partial charge on any atom is -0.327 e. The van der Waals surface area contributed by atoms with E-state index in [0.29, 0.717) is 0 Å². The Bertz CT molecular complexity index is 392. The van der Waals surface area contributed by atoms with E-state index in [4.69, 9.17) is 0 Å². The van der Waals surface area contributed by atoms with E-state index in [2.05, 4.69) is 10.3 Å². The molecule has 1 fully saturated rings. The van der Waals surface area contributed by atoms with Gasteiger partial charge in [0.05, 0.1) is 5.92 Å². The topological polar surface area (TPSA) is 46.4 Å². The molecule has 1 amide bonds. The summed E-state index contributed by atoms with van der Waals surface area (Å²) in [6.07, 6.45) is 2.82. The van der Waals surface area contributed by atoms with Crippen molar-refractivity contribution in [1.29, 1.82) is 0 Å². The Morgan fingerprint density at radius 1 is 1.73 bits per heavy atom. The Morgan fingerprint density at radius 2 is 2.53 bits per heavy atom. The fourth-order valence-electron chi connectivity index (χ4n) is 1.49. The smallest absolute Gasteiger partial charge is 0.252 e. The van der Waals surface area contributed by atoms with Crippen molar-refractivity contribution in [3.8, 4) is 0 Å². The predicted molar refractivity (Wildman–Crippen MR) is 62.1 cm³/mol. The molecule has 6 heteroatoms. The van der Waals surface area contributed by atoms with Crippen molar-refractivity contribution in [3.05, 3.63) is 16.4 Å². The van der Waals surface area contributed by atoms with Crippen molar-refractivity contribution >= 4 is 29.7 Å². The molecule has 1 aromatic heterocycles. The second-order valence-corrected chi connectivity index (χ2v) is 4.31. The third-order valence-corrected chi connectivity index (χ3v) is 3.22. The molecule has 1 atom stereocenters. The van der Waals surface area contributed by atoms with Gasteiger partial charge in [-0.1, -0.05) is 0 Å². The number of thiazole rings is 1. The summed E-state index contributed by atoms with van der Waals surface area (Å²) in [4.78, 5) is 16.5. The Kier molecular flexibility index (Phi) is 4.50. The van der Waals surface area contributed by atoms with Crippen LogP contribution in [0.1, 0.15) is 6.42 Å². The third kappa shape index (κ3) is 2.90. The van der Waals surface area contributed by atoms with E-state index in [9.17, 15) is 4.79 Å². The lowest BCUT2D eigenvalue weighted by Gasteiger charge is -2.00. The van der Waals surface area contributed by atoms with Gasteiger partial charge in [0, 0.05) is 25.2 Å². The molecule has 4 nitrogen and oxygen atoms in total. The molecule has 1 aliphatic heterocycles. The number of amides is 1. The van der Waals surface area contributed by atoms with Crippen LogP contribution in [0.2, 0.25) is 0 Å². The van der Waals surface area contributed by atoms with Gasteiger partial charge < -0.3 is 9.88 Å². The summed E-state index contributed by atoms with van der Waals surface area (Å²) in [5.41, 5.74) is 0. The lowest BCUT2D eigenvalue weighted by atomic mass is 10.1. The van der Waals surface area contributed by atoms with Crippen molar-refractivity contribution in [2.24, 2.45) is 18.0 Å². The first-order valence-corrected chi connectivity index (χ1v) is 5.55. The van der Waals surface area contributed by atoms with Crippen LogP contribution < -0.4 is 10.1 Å². The van der Waals surface area contributed by atoms with Crippen LogP contribution in [0.4, 0.5) is 0 Å². The zero-order valence-electron chi connectivity index (χ0n) is 8.47. The number of rotatable bonds is 1. The van der Waals surface area contributed by atoms with Gasteiger partial charge in [0.2, 0.25) is 0 Å². The monoisotopic (exact) mass is 247 g/mol. The summed E-state index contributed by atoms with van der Waals surface area (Å²) in [7, 11) is 1.90. The molecule has 1 N–H and O–H groups in total. The van der Waals surface area contributed by atoms with Crippen LogP contribution >= 0.6 is 23.7 Å². The minimum absolute atomic E-state index is 0. The minimum atomic E-state index is 0. The van der Waals surface area contributed by atoms with Gasteiger partial charge in [0.25, 0.3) is 5.91 Å². The molecular formula is C9H14ClN3OS. The van der Waals surface area contributed by atoms with Crippen LogP contribution in [0, 0.1) is 5.92 Å². The first-order valence-electron chi connectivity index (χ1n) is 4.67. The Hall–Kier alpha value is -0.650. The lowest BCUT2D eigenvalue weighted by Crippen LogP contribution is -2.20. The second-order valence-electron chi connectivity index (χ2n) is 3.44. The molecule has 0 aliphatic carbocycles. The van der Waals surface area contributed by atoms with Crippen LogP contribution in [-0.2, 0) is 11.8 Å². The van der Waals surface area contributed by atoms with Crippen LogP contribution in [-0.4, -0.2) is 23.6 Å². The number of carbonyl (C=O) groups excluding carboxylic acids is 1. The molecule has 0 unspecified atom stereocenters. The fraction of sp³-hybridized carbons (Fsp3) is 0.556. The SMILES string of the molecule is Cl.Cn1ccsc1=NC(=O)[C@@H]1CCNC1. The summed E-state index contributed by atoms with van der Waals surface area (Å²) in [6.45, 7) is 1.71. The quantitative estimate of drug-likeness (QED) is 0.788. The lowest BCUT2D eigenvalue weighted by molar-refractivity contribution is -0.121. The van der Waals surface area contributed by atoms with Gasteiger partial charge in [-0.05, 0) is 13.0 Å². The van der Waals surface area contributed by atoms with Crippen LogP contribution in [0.25, 0.3) is 0 Å². The molecule has 0 spiro atoms. The number of aryl methyl sites for hydroxylation is 1. The first kappa shape index (κ1) is 12.4. The summed E-state index contributed by atoms with van der Waals surface area (Å²) in [6, 6.07) is 0. The predicted octanol–water partition coefficient (Wildman–Crippen LogP) is 0.545. The van der Waals surface area contributed by atoms with Gasteiger partial charge in [-0.25, -0.2) is 0 Å². The Morgan fingerprint density at radius 3 is 3.07 bits per heavy atom. The van der Waals surface area contributed by atoms with Gasteiger partial charge in [-0.15, -0.1) is 23.7 Å². The number of nitrogens with zero attached hydrogens (tertiary/aromatic N) is 2. The molecule has 0 saturated carbocycles. The molecule has 2 rings (SSSR count). The van der Waals surface area contributed by atoms with Crippen molar-refractivity contribution in [1.82, 2.24) is 9.88 Å². The van der Waals surface area contributed by atoms with Gasteiger partial charge in [-0.2, -0.15) is 4.99 Å².